The number of quaternary nitrogens is 1. The van der Waals surface area contributed by atoms with Crippen molar-refractivity contribution in [2.24, 2.45) is 0 Å². The molecule has 1 N–H and O–H groups in total. The molecule has 0 bridgehead atoms. The van der Waals surface area contributed by atoms with Gasteiger partial charge in [-0.25, -0.2) is 8.42 Å². The van der Waals surface area contributed by atoms with Crippen LogP contribution in [-0.4, -0.2) is 43.3 Å². The van der Waals surface area contributed by atoms with Gasteiger partial charge >= 0.3 is 0 Å². The summed E-state index contributed by atoms with van der Waals surface area (Å²) in [5, 5.41) is 4.66. The molecule has 3 rings (SSSR count). The molecule has 1 aromatic heterocycles. The molecule has 1 saturated heterocycles. The lowest BCUT2D eigenvalue weighted by molar-refractivity contribution is -0.887. The van der Waals surface area contributed by atoms with Gasteiger partial charge in [-0.2, -0.15) is 5.10 Å². The van der Waals surface area contributed by atoms with Gasteiger partial charge < -0.3 is 4.90 Å². The van der Waals surface area contributed by atoms with Crippen molar-refractivity contribution < 1.29 is 13.3 Å². The summed E-state index contributed by atoms with van der Waals surface area (Å²) in [5.74, 6) is 0.498. The molecule has 2 heterocycles. The number of aryl methyl sites for hydroxylation is 1. The Morgan fingerprint density at radius 3 is 2.65 bits per heavy atom. The van der Waals surface area contributed by atoms with Gasteiger partial charge in [0.15, 0.2) is 9.84 Å². The lowest BCUT2D eigenvalue weighted by atomic mass is 10.1. The predicted molar refractivity (Wildman–Crippen MR) is 105 cm³/mol. The maximum atomic E-state index is 11.8. The number of benzene rings is 1. The Balaban J connectivity index is 1.65. The van der Waals surface area contributed by atoms with E-state index in [4.69, 9.17) is 0 Å². The Hall–Kier alpha value is -1.92. The highest BCUT2D eigenvalue weighted by molar-refractivity contribution is 7.91. The van der Waals surface area contributed by atoms with Crippen molar-refractivity contribution in [3.8, 4) is 0 Å². The fraction of sp³-hybridized carbons (Fsp3) is 0.450. The van der Waals surface area contributed by atoms with Crippen LogP contribution in [0, 0.1) is 13.8 Å². The van der Waals surface area contributed by atoms with Crippen molar-refractivity contribution >= 4 is 15.9 Å². The van der Waals surface area contributed by atoms with Crippen LogP contribution in [0.25, 0.3) is 6.08 Å². The van der Waals surface area contributed by atoms with E-state index in [2.05, 4.69) is 43.4 Å². The molecule has 0 saturated carbocycles. The van der Waals surface area contributed by atoms with Crippen molar-refractivity contribution in [2.75, 3.05) is 25.1 Å². The maximum Gasteiger partial charge on any atom is 0.152 e. The van der Waals surface area contributed by atoms with E-state index in [0.29, 0.717) is 6.42 Å². The second-order valence-electron chi connectivity index (χ2n) is 7.30. The van der Waals surface area contributed by atoms with Crippen molar-refractivity contribution in [3.63, 3.8) is 0 Å². The monoisotopic (exact) mass is 374 g/mol. The van der Waals surface area contributed by atoms with Gasteiger partial charge in [0, 0.05) is 5.69 Å². The van der Waals surface area contributed by atoms with E-state index in [0.717, 1.165) is 24.5 Å². The number of rotatable bonds is 6. The molecular weight excluding hydrogens is 346 g/mol. The number of sulfone groups is 1. The average Bonchev–Trinajstić information content (AvgIpc) is 3.09. The molecule has 1 fully saturated rings. The van der Waals surface area contributed by atoms with Gasteiger partial charge in [-0.05, 0) is 31.9 Å². The molecule has 1 unspecified atom stereocenters. The Morgan fingerprint density at radius 2 is 2.00 bits per heavy atom. The van der Waals surface area contributed by atoms with Gasteiger partial charge in [-0.1, -0.05) is 36.4 Å². The SMILES string of the molecule is Cc1nn([C@@H]2CCS(=O)(=O)C2)c(C)c1C[NH+](C)C/C=C/c1ccccc1. The van der Waals surface area contributed by atoms with Crippen LogP contribution in [0.2, 0.25) is 0 Å². The Morgan fingerprint density at radius 1 is 1.27 bits per heavy atom. The first-order valence-corrected chi connectivity index (χ1v) is 11.0. The van der Waals surface area contributed by atoms with Gasteiger partial charge in [0.2, 0.25) is 0 Å². The van der Waals surface area contributed by atoms with Crippen LogP contribution >= 0.6 is 0 Å². The zero-order chi connectivity index (χ0) is 18.7. The van der Waals surface area contributed by atoms with Crippen LogP contribution in [0.1, 0.15) is 35.0 Å². The number of nitrogens with one attached hydrogen (secondary N) is 1. The molecule has 1 aliphatic heterocycles. The quantitative estimate of drug-likeness (QED) is 0.835. The minimum atomic E-state index is -2.90. The summed E-state index contributed by atoms with van der Waals surface area (Å²) in [5.41, 5.74) is 4.57. The third kappa shape index (κ3) is 4.43. The van der Waals surface area contributed by atoms with Gasteiger partial charge in [0.05, 0.1) is 42.4 Å². The third-order valence-electron chi connectivity index (χ3n) is 5.08. The van der Waals surface area contributed by atoms with E-state index >= 15 is 0 Å². The van der Waals surface area contributed by atoms with E-state index in [-0.39, 0.29) is 17.5 Å². The molecule has 140 valence electrons. The zero-order valence-corrected chi connectivity index (χ0v) is 16.6. The molecular formula is C20H28N3O2S+. The third-order valence-corrected chi connectivity index (χ3v) is 6.83. The number of aromatic nitrogens is 2. The van der Waals surface area contributed by atoms with Crippen LogP contribution in [0.5, 0.6) is 0 Å². The Bertz CT molecular complexity index is 885. The fourth-order valence-electron chi connectivity index (χ4n) is 3.61. The van der Waals surface area contributed by atoms with E-state index in [1.807, 2.05) is 29.8 Å². The maximum absolute atomic E-state index is 11.8. The first-order chi connectivity index (χ1) is 12.4. The highest BCUT2D eigenvalue weighted by atomic mass is 32.2. The van der Waals surface area contributed by atoms with Crippen molar-refractivity contribution in [1.29, 1.82) is 0 Å². The number of hydrogen-bond acceptors (Lipinski definition) is 3. The van der Waals surface area contributed by atoms with E-state index in [9.17, 15) is 8.42 Å². The summed E-state index contributed by atoms with van der Waals surface area (Å²) in [6, 6.07) is 10.3. The second kappa shape index (κ2) is 7.76. The van der Waals surface area contributed by atoms with E-state index in [1.54, 1.807) is 0 Å². The lowest BCUT2D eigenvalue weighted by Gasteiger charge is -2.14. The summed E-state index contributed by atoms with van der Waals surface area (Å²) < 4.78 is 25.5. The largest absolute Gasteiger partial charge is 0.330 e. The van der Waals surface area contributed by atoms with Crippen LogP contribution in [0.3, 0.4) is 0 Å². The minimum Gasteiger partial charge on any atom is -0.330 e. The molecule has 0 radical (unpaired) electrons. The average molecular weight is 375 g/mol. The molecule has 1 aromatic carbocycles. The van der Waals surface area contributed by atoms with E-state index in [1.165, 1.54) is 16.0 Å². The second-order valence-corrected chi connectivity index (χ2v) is 9.53. The summed E-state index contributed by atoms with van der Waals surface area (Å²) in [6.45, 7) is 5.90. The molecule has 26 heavy (non-hydrogen) atoms. The molecule has 1 aliphatic rings. The molecule has 0 spiro atoms. The highest BCUT2D eigenvalue weighted by Gasteiger charge is 2.31. The smallest absolute Gasteiger partial charge is 0.152 e. The number of nitrogens with zero attached hydrogens (tertiary/aromatic N) is 2. The molecule has 2 atom stereocenters. The predicted octanol–water partition coefficient (Wildman–Crippen LogP) is 1.59. The van der Waals surface area contributed by atoms with Crippen molar-refractivity contribution in [2.45, 2.75) is 32.9 Å². The summed E-state index contributed by atoms with van der Waals surface area (Å²) >= 11 is 0. The van der Waals surface area contributed by atoms with Crippen LogP contribution < -0.4 is 4.90 Å². The van der Waals surface area contributed by atoms with Gasteiger partial charge in [0.1, 0.15) is 6.54 Å². The summed E-state index contributed by atoms with van der Waals surface area (Å²) in [6.07, 6.45) is 5.02. The van der Waals surface area contributed by atoms with Crippen LogP contribution in [-0.2, 0) is 16.4 Å². The van der Waals surface area contributed by atoms with Gasteiger partial charge in [-0.3, -0.25) is 4.68 Å². The molecule has 5 nitrogen and oxygen atoms in total. The standard InChI is InChI=1S/C20H27N3O2S/c1-16-20(14-22(3)12-7-10-18-8-5-4-6-9-18)17(2)23(21-16)19-11-13-26(24,25)15-19/h4-10,19H,11-15H2,1-3H3/p+1/b10-7+/t19-/m1/s1. The lowest BCUT2D eigenvalue weighted by Crippen LogP contribution is -3.07. The number of likely N-dealkylation sites (N-methyl/N-ethyl adjacent to an activating group) is 1. The van der Waals surface area contributed by atoms with Crippen LogP contribution in [0.4, 0.5) is 0 Å². The molecule has 0 amide bonds. The first kappa shape index (κ1) is 18.9. The minimum absolute atomic E-state index is 0.00858. The zero-order valence-electron chi connectivity index (χ0n) is 15.8. The Kier molecular flexibility index (Phi) is 5.63. The number of hydrogen-bond donors (Lipinski definition) is 1. The molecule has 0 aliphatic carbocycles. The van der Waals surface area contributed by atoms with E-state index < -0.39 is 9.84 Å². The Labute approximate surface area is 156 Å². The topological polar surface area (TPSA) is 56.4 Å². The summed E-state index contributed by atoms with van der Waals surface area (Å²) in [7, 11) is -0.728. The molecule has 2 aromatic rings. The molecule has 6 heteroatoms. The van der Waals surface area contributed by atoms with Crippen molar-refractivity contribution in [1.82, 2.24) is 9.78 Å². The summed E-state index contributed by atoms with van der Waals surface area (Å²) in [4.78, 5) is 1.38. The first-order valence-electron chi connectivity index (χ1n) is 9.13. The normalized spacial score (nSPS) is 20.7. The van der Waals surface area contributed by atoms with Crippen molar-refractivity contribution in [3.05, 3.63) is 58.9 Å². The highest BCUT2D eigenvalue weighted by Crippen LogP contribution is 2.26. The van der Waals surface area contributed by atoms with Gasteiger partial charge in [0.25, 0.3) is 0 Å². The van der Waals surface area contributed by atoms with Crippen LogP contribution in [0.15, 0.2) is 36.4 Å². The fourth-order valence-corrected chi connectivity index (χ4v) is 5.30. The van der Waals surface area contributed by atoms with Gasteiger partial charge in [-0.15, -0.1) is 0 Å².